The number of carbonyl (C=O) groups is 1. The van der Waals surface area contributed by atoms with Gasteiger partial charge in [0.05, 0.1) is 5.25 Å². The average Bonchev–Trinajstić information content (AvgIpc) is 3.03. The number of nitrogens with zero attached hydrogens (tertiary/aromatic N) is 4. The van der Waals surface area contributed by atoms with Crippen LogP contribution in [0.1, 0.15) is 25.8 Å². The van der Waals surface area contributed by atoms with Gasteiger partial charge in [-0.3, -0.25) is 14.3 Å². The maximum atomic E-state index is 12.8. The van der Waals surface area contributed by atoms with E-state index in [2.05, 4.69) is 39.4 Å². The third-order valence-corrected chi connectivity index (χ3v) is 5.81. The molecule has 1 aromatic heterocycles. The van der Waals surface area contributed by atoms with Crippen LogP contribution >= 0.6 is 11.8 Å². The van der Waals surface area contributed by atoms with E-state index in [0.29, 0.717) is 11.7 Å². The molecule has 146 valence electrons. The summed E-state index contributed by atoms with van der Waals surface area (Å²) in [6.07, 6.45) is 0.846. The zero-order valence-corrected chi connectivity index (χ0v) is 16.7. The summed E-state index contributed by atoms with van der Waals surface area (Å²) in [5.41, 5.74) is 1.09. The molecule has 1 aliphatic rings. The fourth-order valence-corrected chi connectivity index (χ4v) is 4.21. The summed E-state index contributed by atoms with van der Waals surface area (Å²) in [7, 11) is 0. The van der Waals surface area contributed by atoms with Gasteiger partial charge in [0.25, 0.3) is 0 Å². The Kier molecular flexibility index (Phi) is 6.73. The van der Waals surface area contributed by atoms with Crippen LogP contribution in [0.5, 0.6) is 0 Å². The lowest BCUT2D eigenvalue weighted by atomic mass is 10.2. The highest BCUT2D eigenvalue weighted by atomic mass is 32.2. The number of rotatable bonds is 7. The number of H-pyrrole nitrogens is 1. The Labute approximate surface area is 163 Å². The van der Waals surface area contributed by atoms with E-state index in [9.17, 15) is 9.59 Å². The molecule has 0 bridgehead atoms. The molecule has 1 atom stereocenters. The molecule has 2 aromatic rings. The molecule has 1 fully saturated rings. The van der Waals surface area contributed by atoms with Crippen LogP contribution in [-0.2, 0) is 17.9 Å². The van der Waals surface area contributed by atoms with E-state index in [1.165, 1.54) is 17.3 Å². The molecular formula is C19H27N5O2S. The van der Waals surface area contributed by atoms with Crippen LogP contribution in [0, 0.1) is 0 Å². The minimum absolute atomic E-state index is 0.109. The Morgan fingerprint density at radius 3 is 2.59 bits per heavy atom. The number of hydrogen-bond donors (Lipinski definition) is 1. The van der Waals surface area contributed by atoms with Gasteiger partial charge in [-0.15, -0.1) is 5.10 Å². The fourth-order valence-electron chi connectivity index (χ4n) is 3.25. The van der Waals surface area contributed by atoms with Crippen molar-refractivity contribution < 1.29 is 4.79 Å². The van der Waals surface area contributed by atoms with Crippen LogP contribution in [-0.4, -0.2) is 61.9 Å². The van der Waals surface area contributed by atoms with Gasteiger partial charge in [-0.05, 0) is 18.9 Å². The lowest BCUT2D eigenvalue weighted by Crippen LogP contribution is -2.50. The molecule has 3 rings (SSSR count). The zero-order valence-electron chi connectivity index (χ0n) is 15.9. The number of carbonyl (C=O) groups excluding carboxylic acids is 1. The van der Waals surface area contributed by atoms with Gasteiger partial charge in [0.2, 0.25) is 5.91 Å². The summed E-state index contributed by atoms with van der Waals surface area (Å²) in [5.74, 6) is 0.109. The van der Waals surface area contributed by atoms with Crippen molar-refractivity contribution in [3.05, 3.63) is 46.4 Å². The lowest BCUT2D eigenvalue weighted by Gasteiger charge is -2.35. The second-order valence-corrected chi connectivity index (χ2v) is 8.12. The topological polar surface area (TPSA) is 74.2 Å². The molecule has 7 nitrogen and oxygen atoms in total. The highest BCUT2D eigenvalue weighted by Crippen LogP contribution is 2.22. The van der Waals surface area contributed by atoms with Gasteiger partial charge in [-0.25, -0.2) is 9.89 Å². The molecule has 27 heavy (non-hydrogen) atoms. The molecule has 1 N–H and O–H groups in total. The first-order valence-corrected chi connectivity index (χ1v) is 10.3. The van der Waals surface area contributed by atoms with E-state index in [0.717, 1.165) is 39.1 Å². The molecule has 8 heteroatoms. The molecule has 0 radical (unpaired) electrons. The highest BCUT2D eigenvalue weighted by molar-refractivity contribution is 8.00. The van der Waals surface area contributed by atoms with E-state index < -0.39 is 0 Å². The van der Waals surface area contributed by atoms with Crippen LogP contribution < -0.4 is 5.69 Å². The predicted octanol–water partition coefficient (Wildman–Crippen LogP) is 1.81. The van der Waals surface area contributed by atoms with Crippen molar-refractivity contribution in [1.29, 1.82) is 0 Å². The highest BCUT2D eigenvalue weighted by Gasteiger charge is 2.27. The van der Waals surface area contributed by atoms with E-state index in [4.69, 9.17) is 0 Å². The molecule has 0 saturated carbocycles. The molecule has 0 spiro atoms. The largest absolute Gasteiger partial charge is 0.343 e. The van der Waals surface area contributed by atoms with Gasteiger partial charge in [0.1, 0.15) is 0 Å². The normalized spacial score (nSPS) is 16.4. The van der Waals surface area contributed by atoms with Crippen molar-refractivity contribution in [1.82, 2.24) is 24.6 Å². The van der Waals surface area contributed by atoms with Crippen molar-refractivity contribution in [2.45, 2.75) is 43.8 Å². The average molecular weight is 390 g/mol. The summed E-state index contributed by atoms with van der Waals surface area (Å²) < 4.78 is 1.60. The van der Waals surface area contributed by atoms with Crippen LogP contribution in [0.2, 0.25) is 0 Å². The SMILES string of the molecule is CCCn1c(S[C@H](C)C(=O)N2CCN(Cc3ccccc3)CC2)n[nH]c1=O. The zero-order chi connectivity index (χ0) is 19.2. The standard InChI is InChI=1S/C19H27N5O2S/c1-3-9-24-18(26)20-21-19(24)27-15(2)17(25)23-12-10-22(11-13-23)14-16-7-5-4-6-8-16/h4-8,15H,3,9-14H2,1-2H3,(H,20,26)/t15-/m1/s1. The van der Waals surface area contributed by atoms with Crippen molar-refractivity contribution in [3.8, 4) is 0 Å². The summed E-state index contributed by atoms with van der Waals surface area (Å²) in [4.78, 5) is 28.9. The van der Waals surface area contributed by atoms with Crippen molar-refractivity contribution in [2.24, 2.45) is 0 Å². The summed E-state index contributed by atoms with van der Waals surface area (Å²) in [6.45, 7) is 8.65. The molecule has 1 saturated heterocycles. The monoisotopic (exact) mass is 389 g/mol. The number of nitrogens with one attached hydrogen (secondary N) is 1. The van der Waals surface area contributed by atoms with Crippen LogP contribution in [0.25, 0.3) is 0 Å². The molecule has 0 unspecified atom stereocenters. The third-order valence-electron chi connectivity index (χ3n) is 4.73. The number of aromatic amines is 1. The molecular weight excluding hydrogens is 362 g/mol. The van der Waals surface area contributed by atoms with Gasteiger partial charge < -0.3 is 4.90 Å². The lowest BCUT2D eigenvalue weighted by molar-refractivity contribution is -0.132. The van der Waals surface area contributed by atoms with Crippen LogP contribution in [0.3, 0.4) is 0 Å². The first-order valence-electron chi connectivity index (χ1n) is 9.45. The summed E-state index contributed by atoms with van der Waals surface area (Å²) in [6, 6.07) is 10.4. The van der Waals surface area contributed by atoms with Crippen molar-refractivity contribution >= 4 is 17.7 Å². The Balaban J connectivity index is 1.52. The van der Waals surface area contributed by atoms with Crippen LogP contribution in [0.15, 0.2) is 40.3 Å². The third kappa shape index (κ3) is 5.01. The Morgan fingerprint density at radius 1 is 1.22 bits per heavy atom. The van der Waals surface area contributed by atoms with Gasteiger partial charge in [0, 0.05) is 39.3 Å². The molecule has 1 amide bonds. The first-order chi connectivity index (χ1) is 13.1. The number of hydrogen-bond acceptors (Lipinski definition) is 5. The van der Waals surface area contributed by atoms with Crippen LogP contribution in [0.4, 0.5) is 0 Å². The molecule has 0 aliphatic carbocycles. The quantitative estimate of drug-likeness (QED) is 0.731. The number of benzene rings is 1. The number of piperazine rings is 1. The van der Waals surface area contributed by atoms with E-state index in [1.54, 1.807) is 4.57 Å². The second-order valence-electron chi connectivity index (χ2n) is 6.81. The summed E-state index contributed by atoms with van der Waals surface area (Å²) in [5, 5.41) is 6.87. The smallest absolute Gasteiger partial charge is 0.339 e. The Hall–Kier alpha value is -2.06. The number of amides is 1. The fraction of sp³-hybridized carbons (Fsp3) is 0.526. The van der Waals surface area contributed by atoms with E-state index >= 15 is 0 Å². The minimum Gasteiger partial charge on any atom is -0.339 e. The predicted molar refractivity (Wildman–Crippen MR) is 107 cm³/mol. The molecule has 1 aliphatic heterocycles. The van der Waals surface area contributed by atoms with Crippen molar-refractivity contribution in [3.63, 3.8) is 0 Å². The second kappa shape index (κ2) is 9.23. The molecule has 2 heterocycles. The number of thioether (sulfide) groups is 1. The van der Waals surface area contributed by atoms with Gasteiger partial charge in [-0.2, -0.15) is 0 Å². The summed E-state index contributed by atoms with van der Waals surface area (Å²) >= 11 is 1.35. The first kappa shape index (κ1) is 19.7. The van der Waals surface area contributed by atoms with Gasteiger partial charge in [0.15, 0.2) is 5.16 Å². The van der Waals surface area contributed by atoms with E-state index in [1.807, 2.05) is 24.8 Å². The maximum Gasteiger partial charge on any atom is 0.343 e. The minimum atomic E-state index is -0.267. The maximum absolute atomic E-state index is 12.8. The molecule has 1 aromatic carbocycles. The van der Waals surface area contributed by atoms with Crippen molar-refractivity contribution in [2.75, 3.05) is 26.2 Å². The van der Waals surface area contributed by atoms with Gasteiger partial charge >= 0.3 is 5.69 Å². The van der Waals surface area contributed by atoms with E-state index in [-0.39, 0.29) is 16.8 Å². The van der Waals surface area contributed by atoms with Gasteiger partial charge in [-0.1, -0.05) is 49.0 Å². The number of aromatic nitrogens is 3. The Morgan fingerprint density at radius 2 is 1.93 bits per heavy atom. The Bertz CT molecular complexity index is 796.